The Morgan fingerprint density at radius 2 is 1.94 bits per heavy atom. The van der Waals surface area contributed by atoms with Crippen molar-refractivity contribution in [3.8, 4) is 0 Å². The molecule has 102 valence electrons. The Labute approximate surface area is 114 Å². The number of hydrogen-bond donors (Lipinski definition) is 3. The molecule has 0 aliphatic heterocycles. The number of carbonyl (C=O) groups is 1. The monoisotopic (exact) mass is 285 g/mol. The Hall–Kier alpha value is -0.780. The van der Waals surface area contributed by atoms with Gasteiger partial charge in [0.25, 0.3) is 0 Å². The maximum atomic E-state index is 10.6. The second-order valence-corrected chi connectivity index (χ2v) is 3.71. The number of carboxylic acids is 1. The number of aliphatic imine (C=N–C) groups is 1. The van der Waals surface area contributed by atoms with Gasteiger partial charge in [-0.3, -0.25) is 9.79 Å². The largest absolute Gasteiger partial charge is 0.480 e. The van der Waals surface area contributed by atoms with Gasteiger partial charge in [0.2, 0.25) is 0 Å². The quantitative estimate of drug-likeness (QED) is 0.297. The van der Waals surface area contributed by atoms with Crippen molar-refractivity contribution >= 4 is 36.6 Å². The second kappa shape index (κ2) is 10.4. The van der Waals surface area contributed by atoms with Crippen LogP contribution in [0.3, 0.4) is 0 Å². The van der Waals surface area contributed by atoms with E-state index in [9.17, 15) is 4.79 Å². The minimum Gasteiger partial charge on any atom is -0.480 e. The third-order valence-electron chi connectivity index (χ3n) is 1.85. The van der Waals surface area contributed by atoms with Crippen molar-refractivity contribution in [1.82, 2.24) is 0 Å². The van der Waals surface area contributed by atoms with E-state index >= 15 is 0 Å². The fourth-order valence-electron chi connectivity index (χ4n) is 0.849. The molecule has 0 fully saturated rings. The molecule has 0 aromatic carbocycles. The van der Waals surface area contributed by atoms with Crippen molar-refractivity contribution in [2.45, 2.75) is 32.2 Å². The maximum Gasteiger partial charge on any atom is 0.323 e. The van der Waals surface area contributed by atoms with Crippen molar-refractivity contribution in [3.05, 3.63) is 12.2 Å². The summed E-state index contributed by atoms with van der Waals surface area (Å²) in [4.78, 5) is 14.6. The van der Waals surface area contributed by atoms with Crippen LogP contribution in [0.5, 0.6) is 0 Å². The van der Waals surface area contributed by atoms with E-state index in [0.29, 0.717) is 18.8 Å². The number of amidine groups is 1. The van der Waals surface area contributed by atoms with Gasteiger partial charge in [0.1, 0.15) is 5.54 Å². The van der Waals surface area contributed by atoms with Gasteiger partial charge in [0.05, 0.1) is 5.84 Å². The summed E-state index contributed by atoms with van der Waals surface area (Å²) in [6, 6.07) is 0. The van der Waals surface area contributed by atoms with Gasteiger partial charge >= 0.3 is 5.97 Å². The average molecular weight is 286 g/mol. The number of aliphatic carboxylic acids is 1. The predicted molar refractivity (Wildman–Crippen MR) is 75.3 cm³/mol. The first-order valence-electron chi connectivity index (χ1n) is 4.80. The highest BCUT2D eigenvalue weighted by molar-refractivity contribution is 5.85. The summed E-state index contributed by atoms with van der Waals surface area (Å²) < 4.78 is 0. The molecule has 0 unspecified atom stereocenters. The van der Waals surface area contributed by atoms with Crippen LogP contribution in [0.1, 0.15) is 26.7 Å². The topological polar surface area (TPSA) is 102 Å². The lowest BCUT2D eigenvalue weighted by atomic mass is 9.99. The molecule has 5 nitrogen and oxygen atoms in total. The Bertz CT molecular complexity index is 275. The summed E-state index contributed by atoms with van der Waals surface area (Å²) in [7, 11) is 0. The predicted octanol–water partition coefficient (Wildman–Crippen LogP) is 1.35. The van der Waals surface area contributed by atoms with Gasteiger partial charge in [0, 0.05) is 6.54 Å². The number of halogens is 2. The van der Waals surface area contributed by atoms with Crippen LogP contribution in [-0.4, -0.2) is 29.0 Å². The SMILES string of the molecule is CC(N)=NCC/C=C/C[C@](C)(N)C(=O)O.Cl.Cl. The molecule has 0 saturated heterocycles. The number of nitrogens with two attached hydrogens (primary N) is 2. The zero-order chi connectivity index (χ0) is 11.9. The van der Waals surface area contributed by atoms with E-state index in [1.807, 2.05) is 6.08 Å². The van der Waals surface area contributed by atoms with Crippen LogP contribution in [0, 0.1) is 0 Å². The lowest BCUT2D eigenvalue weighted by Gasteiger charge is -2.15. The zero-order valence-corrected chi connectivity index (χ0v) is 11.7. The van der Waals surface area contributed by atoms with Crippen LogP contribution in [0.2, 0.25) is 0 Å². The highest BCUT2D eigenvalue weighted by Crippen LogP contribution is 2.06. The molecule has 0 heterocycles. The molecular weight excluding hydrogens is 265 g/mol. The summed E-state index contributed by atoms with van der Waals surface area (Å²) in [5.41, 5.74) is 9.68. The van der Waals surface area contributed by atoms with E-state index in [1.54, 1.807) is 13.0 Å². The number of carboxylic acid groups (broad SMARTS) is 1. The van der Waals surface area contributed by atoms with E-state index in [2.05, 4.69) is 4.99 Å². The van der Waals surface area contributed by atoms with Gasteiger partial charge in [-0.15, -0.1) is 24.8 Å². The van der Waals surface area contributed by atoms with Crippen molar-refractivity contribution in [3.63, 3.8) is 0 Å². The van der Waals surface area contributed by atoms with Crippen LogP contribution in [0.15, 0.2) is 17.1 Å². The molecule has 0 bridgehead atoms. The molecule has 5 N–H and O–H groups in total. The first-order chi connectivity index (χ1) is 6.86. The van der Waals surface area contributed by atoms with E-state index < -0.39 is 11.5 Å². The Morgan fingerprint density at radius 3 is 2.35 bits per heavy atom. The summed E-state index contributed by atoms with van der Waals surface area (Å²) in [5.74, 6) is -0.444. The van der Waals surface area contributed by atoms with Crippen molar-refractivity contribution < 1.29 is 9.90 Å². The van der Waals surface area contributed by atoms with E-state index in [-0.39, 0.29) is 24.8 Å². The van der Waals surface area contributed by atoms with Gasteiger partial charge in [0.15, 0.2) is 0 Å². The van der Waals surface area contributed by atoms with Crippen LogP contribution in [-0.2, 0) is 4.79 Å². The second-order valence-electron chi connectivity index (χ2n) is 3.71. The molecule has 0 amide bonds. The first kappa shape index (κ1) is 21.5. The van der Waals surface area contributed by atoms with E-state index in [1.165, 1.54) is 6.92 Å². The summed E-state index contributed by atoms with van der Waals surface area (Å²) >= 11 is 0. The van der Waals surface area contributed by atoms with Crippen molar-refractivity contribution in [1.29, 1.82) is 0 Å². The molecule has 1 atom stereocenters. The summed E-state index contributed by atoms with van der Waals surface area (Å²) in [6.45, 7) is 3.83. The standard InChI is InChI=1S/C10H19N3O2.2ClH/c1-8(11)13-7-5-3-4-6-10(2,12)9(14)15;;/h3-4H,5-7,12H2,1-2H3,(H2,11,13)(H,14,15);2*1H/b4-3+;;/t10-;;/m0../s1. The highest BCUT2D eigenvalue weighted by Gasteiger charge is 2.25. The molecule has 0 saturated carbocycles. The third-order valence-corrected chi connectivity index (χ3v) is 1.85. The highest BCUT2D eigenvalue weighted by atomic mass is 35.5. The molecule has 0 aliphatic rings. The maximum absolute atomic E-state index is 10.6. The summed E-state index contributed by atoms with van der Waals surface area (Å²) in [5, 5.41) is 8.72. The Balaban J connectivity index is -0.000000980. The van der Waals surface area contributed by atoms with Crippen molar-refractivity contribution in [2.75, 3.05) is 6.54 Å². The van der Waals surface area contributed by atoms with Gasteiger partial charge < -0.3 is 16.6 Å². The Kier molecular flexibility index (Phi) is 13.1. The van der Waals surface area contributed by atoms with E-state index in [4.69, 9.17) is 16.6 Å². The molecule has 7 heteroatoms. The zero-order valence-electron chi connectivity index (χ0n) is 10.0. The number of hydrogen-bond acceptors (Lipinski definition) is 3. The smallest absolute Gasteiger partial charge is 0.323 e. The molecule has 0 rings (SSSR count). The molecule has 17 heavy (non-hydrogen) atoms. The fourth-order valence-corrected chi connectivity index (χ4v) is 0.849. The number of rotatable bonds is 6. The van der Waals surface area contributed by atoms with Crippen LogP contribution >= 0.6 is 24.8 Å². The lowest BCUT2D eigenvalue weighted by Crippen LogP contribution is -2.44. The first-order valence-corrected chi connectivity index (χ1v) is 4.80. The fraction of sp³-hybridized carbons (Fsp3) is 0.600. The van der Waals surface area contributed by atoms with Crippen LogP contribution in [0.4, 0.5) is 0 Å². The molecular formula is C10H21Cl2N3O2. The summed E-state index contributed by atoms with van der Waals surface area (Å²) in [6.07, 6.45) is 4.67. The van der Waals surface area contributed by atoms with E-state index in [0.717, 1.165) is 6.42 Å². The molecule has 0 radical (unpaired) electrons. The van der Waals surface area contributed by atoms with Gasteiger partial charge in [-0.25, -0.2) is 0 Å². The van der Waals surface area contributed by atoms with Crippen LogP contribution in [0.25, 0.3) is 0 Å². The average Bonchev–Trinajstić information content (AvgIpc) is 2.10. The third kappa shape index (κ3) is 11.5. The molecule has 0 spiro atoms. The normalized spacial score (nSPS) is 14.6. The lowest BCUT2D eigenvalue weighted by molar-refractivity contribution is -0.142. The Morgan fingerprint density at radius 1 is 1.41 bits per heavy atom. The molecule has 0 aromatic heterocycles. The van der Waals surface area contributed by atoms with Gasteiger partial charge in [-0.2, -0.15) is 0 Å². The minimum atomic E-state index is -1.19. The minimum absolute atomic E-state index is 0. The molecule has 0 aromatic rings. The van der Waals surface area contributed by atoms with Crippen molar-refractivity contribution in [2.24, 2.45) is 16.5 Å². The molecule has 0 aliphatic carbocycles. The number of nitrogens with zero attached hydrogens (tertiary/aromatic N) is 1. The van der Waals surface area contributed by atoms with Gasteiger partial charge in [-0.05, 0) is 26.7 Å². The van der Waals surface area contributed by atoms with Gasteiger partial charge in [-0.1, -0.05) is 12.2 Å². The van der Waals surface area contributed by atoms with Crippen LogP contribution < -0.4 is 11.5 Å².